The van der Waals surface area contributed by atoms with Gasteiger partial charge in [0.1, 0.15) is 6.07 Å². The van der Waals surface area contributed by atoms with Crippen molar-refractivity contribution in [3.05, 3.63) is 69.5 Å². The number of aryl methyl sites for hydroxylation is 1. The summed E-state index contributed by atoms with van der Waals surface area (Å²) in [6.07, 6.45) is 3.11. The highest BCUT2D eigenvalue weighted by molar-refractivity contribution is 5.96. The van der Waals surface area contributed by atoms with E-state index < -0.39 is 4.92 Å². The molecule has 0 saturated heterocycles. The first-order valence-corrected chi connectivity index (χ1v) is 6.10. The van der Waals surface area contributed by atoms with E-state index >= 15 is 0 Å². The van der Waals surface area contributed by atoms with E-state index in [1.165, 1.54) is 6.07 Å². The molecule has 21 heavy (non-hydrogen) atoms. The quantitative estimate of drug-likeness (QED) is 0.528. The number of hydrogen-bond donors (Lipinski definition) is 1. The van der Waals surface area contributed by atoms with Gasteiger partial charge in [0.25, 0.3) is 5.69 Å². The minimum absolute atomic E-state index is 0.0255. The maximum Gasteiger partial charge on any atom is 0.272 e. The van der Waals surface area contributed by atoms with Crippen LogP contribution in [0.3, 0.4) is 0 Å². The van der Waals surface area contributed by atoms with Crippen molar-refractivity contribution >= 4 is 17.0 Å². The van der Waals surface area contributed by atoms with Crippen LogP contribution in [0.5, 0.6) is 0 Å². The Hall–Kier alpha value is -3.20. The van der Waals surface area contributed by atoms with Gasteiger partial charge in [0, 0.05) is 29.6 Å². The largest absolute Gasteiger partial charge is 0.397 e. The molecule has 0 aliphatic heterocycles. The van der Waals surface area contributed by atoms with Gasteiger partial charge in [-0.25, -0.2) is 0 Å². The molecule has 2 rings (SSSR count). The zero-order valence-corrected chi connectivity index (χ0v) is 11.3. The molecule has 2 aromatic rings. The predicted octanol–water partition coefficient (Wildman–Crippen LogP) is 2.65. The van der Waals surface area contributed by atoms with Crippen molar-refractivity contribution in [2.45, 2.75) is 6.92 Å². The lowest BCUT2D eigenvalue weighted by Crippen LogP contribution is -2.02. The number of allylic oxidation sites excluding steroid dienone is 1. The number of pyridine rings is 1. The normalized spacial score (nSPS) is 11.4. The molecule has 0 saturated carbocycles. The number of aromatic nitrogens is 1. The fourth-order valence-electron chi connectivity index (χ4n) is 1.92. The van der Waals surface area contributed by atoms with Gasteiger partial charge in [-0.1, -0.05) is 12.1 Å². The first-order chi connectivity index (χ1) is 10.0. The summed E-state index contributed by atoms with van der Waals surface area (Å²) >= 11 is 0. The average Bonchev–Trinajstić information content (AvgIpc) is 2.49. The second kappa shape index (κ2) is 5.84. The van der Waals surface area contributed by atoms with Crippen LogP contribution in [0.25, 0.3) is 11.3 Å². The number of hydrogen-bond acceptors (Lipinski definition) is 5. The minimum Gasteiger partial charge on any atom is -0.397 e. The van der Waals surface area contributed by atoms with Gasteiger partial charge < -0.3 is 5.73 Å². The highest BCUT2D eigenvalue weighted by atomic mass is 16.6. The summed E-state index contributed by atoms with van der Waals surface area (Å²) in [4.78, 5) is 14.4. The fraction of sp³-hybridized carbons (Fsp3) is 0.0667. The lowest BCUT2D eigenvalue weighted by Gasteiger charge is -2.07. The topological polar surface area (TPSA) is 106 Å². The van der Waals surface area contributed by atoms with E-state index in [0.29, 0.717) is 16.7 Å². The summed E-state index contributed by atoms with van der Waals surface area (Å²) in [5, 5.41) is 20.3. The van der Waals surface area contributed by atoms with Gasteiger partial charge in [-0.05, 0) is 24.6 Å². The van der Waals surface area contributed by atoms with Crippen molar-refractivity contribution in [3.63, 3.8) is 0 Å². The summed E-state index contributed by atoms with van der Waals surface area (Å²) < 4.78 is 0. The van der Waals surface area contributed by atoms with Crippen molar-refractivity contribution in [2.24, 2.45) is 5.73 Å². The van der Waals surface area contributed by atoms with Crippen molar-refractivity contribution < 1.29 is 4.92 Å². The van der Waals surface area contributed by atoms with Crippen LogP contribution in [0.15, 0.2) is 42.7 Å². The lowest BCUT2D eigenvalue weighted by atomic mass is 10.0. The van der Waals surface area contributed by atoms with Gasteiger partial charge in [0.05, 0.1) is 16.2 Å². The van der Waals surface area contributed by atoms with Crippen LogP contribution in [-0.4, -0.2) is 9.91 Å². The van der Waals surface area contributed by atoms with Gasteiger partial charge in [-0.15, -0.1) is 0 Å². The number of nitriles is 1. The van der Waals surface area contributed by atoms with Crippen LogP contribution >= 0.6 is 0 Å². The molecule has 0 bridgehead atoms. The zero-order chi connectivity index (χ0) is 15.4. The smallest absolute Gasteiger partial charge is 0.272 e. The first kappa shape index (κ1) is 14.2. The van der Waals surface area contributed by atoms with E-state index in [9.17, 15) is 15.4 Å². The Labute approximate surface area is 121 Å². The number of nitro benzene ring substituents is 1. The van der Waals surface area contributed by atoms with Crippen molar-refractivity contribution in [3.8, 4) is 6.07 Å². The van der Waals surface area contributed by atoms with Gasteiger partial charge in [0.15, 0.2) is 0 Å². The Kier molecular flexibility index (Phi) is 3.95. The average molecular weight is 280 g/mol. The van der Waals surface area contributed by atoms with Crippen LogP contribution in [0.2, 0.25) is 0 Å². The highest BCUT2D eigenvalue weighted by Crippen LogP contribution is 2.26. The number of nitrogens with zero attached hydrogens (tertiary/aromatic N) is 3. The molecule has 0 radical (unpaired) electrons. The maximum absolute atomic E-state index is 11.0. The summed E-state index contributed by atoms with van der Waals surface area (Å²) in [5.41, 5.74) is 8.05. The molecular weight excluding hydrogens is 268 g/mol. The molecule has 1 aromatic heterocycles. The molecule has 6 nitrogen and oxygen atoms in total. The molecule has 0 unspecified atom stereocenters. The van der Waals surface area contributed by atoms with Crippen LogP contribution in [0.1, 0.15) is 16.7 Å². The molecule has 1 heterocycles. The van der Waals surface area contributed by atoms with Gasteiger partial charge in [-0.2, -0.15) is 5.26 Å². The lowest BCUT2D eigenvalue weighted by molar-refractivity contribution is -0.385. The highest BCUT2D eigenvalue weighted by Gasteiger charge is 2.14. The SMILES string of the molecule is Cc1ccc(/C(N)=C(/C#N)c2ccncc2)cc1[N+](=O)[O-]. The second-order valence-corrected chi connectivity index (χ2v) is 4.39. The van der Waals surface area contributed by atoms with Crippen molar-refractivity contribution in [1.82, 2.24) is 4.98 Å². The summed E-state index contributed by atoms with van der Waals surface area (Å²) in [6.45, 7) is 1.65. The summed E-state index contributed by atoms with van der Waals surface area (Å²) in [6, 6.07) is 10.0. The zero-order valence-electron chi connectivity index (χ0n) is 11.3. The number of nitrogens with two attached hydrogens (primary N) is 1. The van der Waals surface area contributed by atoms with Gasteiger partial charge in [0.2, 0.25) is 0 Å². The van der Waals surface area contributed by atoms with Crippen LogP contribution in [-0.2, 0) is 0 Å². The van der Waals surface area contributed by atoms with E-state index in [1.807, 2.05) is 6.07 Å². The van der Waals surface area contributed by atoms with Gasteiger partial charge >= 0.3 is 0 Å². The Morgan fingerprint density at radius 1 is 1.29 bits per heavy atom. The molecule has 0 spiro atoms. The third-order valence-corrected chi connectivity index (χ3v) is 3.07. The number of nitro groups is 1. The minimum atomic E-state index is -0.468. The molecular formula is C15H12N4O2. The fourth-order valence-corrected chi connectivity index (χ4v) is 1.92. The van der Waals surface area contributed by atoms with E-state index in [2.05, 4.69) is 4.98 Å². The molecule has 0 amide bonds. The van der Waals surface area contributed by atoms with E-state index in [-0.39, 0.29) is 17.0 Å². The standard InChI is InChI=1S/C15H12N4O2/c1-10-2-3-12(8-14(10)19(20)21)15(17)13(9-16)11-4-6-18-7-5-11/h2-8H,17H2,1H3/b15-13+. The van der Waals surface area contributed by atoms with Crippen molar-refractivity contribution in [2.75, 3.05) is 0 Å². The Morgan fingerprint density at radius 2 is 1.95 bits per heavy atom. The van der Waals surface area contributed by atoms with E-state index in [1.54, 1.807) is 43.6 Å². The monoisotopic (exact) mass is 280 g/mol. The Bertz CT molecular complexity index is 761. The van der Waals surface area contributed by atoms with Gasteiger partial charge in [-0.3, -0.25) is 15.1 Å². The summed E-state index contributed by atoms with van der Waals surface area (Å²) in [5.74, 6) is 0. The third-order valence-electron chi connectivity index (χ3n) is 3.07. The number of benzene rings is 1. The van der Waals surface area contributed by atoms with E-state index in [0.717, 1.165) is 0 Å². The predicted molar refractivity (Wildman–Crippen MR) is 78.7 cm³/mol. The van der Waals surface area contributed by atoms with Crippen LogP contribution in [0, 0.1) is 28.4 Å². The number of rotatable bonds is 3. The van der Waals surface area contributed by atoms with Crippen LogP contribution in [0.4, 0.5) is 5.69 Å². The van der Waals surface area contributed by atoms with Crippen molar-refractivity contribution in [1.29, 1.82) is 5.26 Å². The third kappa shape index (κ3) is 2.87. The summed E-state index contributed by atoms with van der Waals surface area (Å²) in [7, 11) is 0. The van der Waals surface area contributed by atoms with Crippen LogP contribution < -0.4 is 5.73 Å². The second-order valence-electron chi connectivity index (χ2n) is 4.39. The molecule has 1 aromatic carbocycles. The van der Waals surface area contributed by atoms with E-state index in [4.69, 9.17) is 5.73 Å². The first-order valence-electron chi connectivity index (χ1n) is 6.10. The Morgan fingerprint density at radius 3 is 2.52 bits per heavy atom. The molecule has 0 aliphatic carbocycles. The molecule has 0 fully saturated rings. The Balaban J connectivity index is 2.59. The molecule has 2 N–H and O–H groups in total. The maximum atomic E-state index is 11.0. The molecule has 6 heteroatoms. The molecule has 104 valence electrons. The molecule has 0 atom stereocenters. The molecule has 0 aliphatic rings.